The minimum absolute atomic E-state index is 0.0113. The molecule has 1 N–H and O–H groups in total. The van der Waals surface area contributed by atoms with Crippen molar-refractivity contribution in [1.82, 2.24) is 4.31 Å². The highest BCUT2D eigenvalue weighted by Gasteiger charge is 2.46. The van der Waals surface area contributed by atoms with Crippen LogP contribution in [0.1, 0.15) is 29.7 Å². The van der Waals surface area contributed by atoms with Crippen LogP contribution in [0.25, 0.3) is 0 Å². The number of carbonyl (C=O) groups excluding carboxylic acids is 1. The number of allylic oxidation sites excluding steroid dienone is 1. The van der Waals surface area contributed by atoms with Crippen molar-refractivity contribution < 1.29 is 30.6 Å². The molecule has 0 saturated heterocycles. The van der Waals surface area contributed by atoms with Gasteiger partial charge in [0.05, 0.1) is 56.3 Å². The molecular weight excluding hydrogens is 507 g/mol. The summed E-state index contributed by atoms with van der Waals surface area (Å²) < 4.78 is 85.4. The Morgan fingerprint density at radius 1 is 1.11 bits per heavy atom. The molecule has 3 rings (SSSR count). The number of nitrogens with one attached hydrogen (secondary N) is 1. The normalized spacial score (nSPS) is 17.7. The van der Waals surface area contributed by atoms with Gasteiger partial charge in [0.2, 0.25) is 10.0 Å². The third-order valence-electron chi connectivity index (χ3n) is 5.20. The van der Waals surface area contributed by atoms with Crippen LogP contribution in [0.5, 0.6) is 0 Å². The molecule has 2 aromatic rings. The van der Waals surface area contributed by atoms with Crippen LogP contribution in [0.4, 0.5) is 23.7 Å². The molecule has 2 atom stereocenters. The number of nitrogens with zero attached hydrogens (tertiary/aromatic N) is 4. The van der Waals surface area contributed by atoms with E-state index in [1.807, 2.05) is 0 Å². The molecule has 0 saturated carbocycles. The summed E-state index contributed by atoms with van der Waals surface area (Å²) in [6, 6.07) is 7.79. The summed E-state index contributed by atoms with van der Waals surface area (Å²) in [4.78, 5) is 13.9. The highest BCUT2D eigenvalue weighted by atomic mass is 32.2. The molecule has 0 bridgehead atoms. The first-order valence-electron chi connectivity index (χ1n) is 9.56. The second-order valence-corrected chi connectivity index (χ2v) is 10.3. The van der Waals surface area contributed by atoms with E-state index in [2.05, 4.69) is 0 Å². The van der Waals surface area contributed by atoms with Gasteiger partial charge in [-0.05, 0) is 42.8 Å². The number of halogens is 3. The maximum Gasteiger partial charge on any atom is 0.416 e. The van der Waals surface area contributed by atoms with Gasteiger partial charge in [-0.3, -0.25) is 9.68 Å². The van der Waals surface area contributed by atoms with Crippen LogP contribution in [0.3, 0.4) is 0 Å². The number of urea groups is 1. The average Bonchev–Trinajstić information content (AvgIpc) is 2.77. The molecule has 0 aromatic heterocycles. The smallest absolute Gasteiger partial charge is 0.265 e. The second-order valence-electron chi connectivity index (χ2n) is 7.42. The van der Waals surface area contributed by atoms with Crippen LogP contribution >= 0.6 is 0 Å². The lowest BCUT2D eigenvalue weighted by Crippen LogP contribution is -2.51. The number of hydrogen-bond acceptors (Lipinski definition) is 7. The molecule has 1 aliphatic heterocycles. The van der Waals surface area contributed by atoms with E-state index < -0.39 is 44.4 Å². The van der Waals surface area contributed by atoms with Crippen molar-refractivity contribution in [3.63, 3.8) is 0 Å². The first-order chi connectivity index (χ1) is 16.2. The Labute approximate surface area is 200 Å². The maximum absolute atomic E-state index is 13.5. The molecule has 182 valence electrons. The van der Waals surface area contributed by atoms with Gasteiger partial charge in [0.25, 0.3) is 0 Å². The minimum atomic E-state index is -4.75. The van der Waals surface area contributed by atoms with Crippen LogP contribution in [0.15, 0.2) is 58.6 Å². The lowest BCUT2D eigenvalue weighted by molar-refractivity contribution is -0.137. The number of amides is 2. The van der Waals surface area contributed by atoms with Crippen molar-refractivity contribution in [2.24, 2.45) is 0 Å². The zero-order valence-corrected chi connectivity index (χ0v) is 19.7. The predicted octanol–water partition coefficient (Wildman–Crippen LogP) is 3.92. The highest BCUT2D eigenvalue weighted by molar-refractivity contribution is 7.88. The van der Waals surface area contributed by atoms with Crippen molar-refractivity contribution in [1.29, 1.82) is 15.3 Å². The fourth-order valence-electron chi connectivity index (χ4n) is 3.69. The third-order valence-corrected chi connectivity index (χ3v) is 7.10. The molecule has 35 heavy (non-hydrogen) atoms. The Kier molecular flexibility index (Phi) is 6.66. The van der Waals surface area contributed by atoms with Gasteiger partial charge in [-0.2, -0.15) is 23.7 Å². The average molecular weight is 524 g/mol. The van der Waals surface area contributed by atoms with Gasteiger partial charge >= 0.3 is 12.2 Å². The van der Waals surface area contributed by atoms with Gasteiger partial charge < -0.3 is 0 Å². The van der Waals surface area contributed by atoms with E-state index in [9.17, 15) is 35.9 Å². The van der Waals surface area contributed by atoms with Crippen molar-refractivity contribution in [2.45, 2.75) is 24.0 Å². The summed E-state index contributed by atoms with van der Waals surface area (Å²) in [5.74, 6) is 0. The molecule has 9 nitrogen and oxygen atoms in total. The van der Waals surface area contributed by atoms with Gasteiger partial charge in [0.15, 0.2) is 0 Å². The fraction of sp³-hybridized carbons (Fsp3) is 0.190. The zero-order valence-electron chi connectivity index (χ0n) is 18.0. The van der Waals surface area contributed by atoms with Crippen LogP contribution in [0.2, 0.25) is 0 Å². The van der Waals surface area contributed by atoms with Crippen LogP contribution in [-0.4, -0.2) is 29.2 Å². The number of nitriles is 2. The number of carbonyl (C=O) groups is 1. The summed E-state index contributed by atoms with van der Waals surface area (Å²) in [5.41, 5.74) is -2.04. The first kappa shape index (κ1) is 25.7. The van der Waals surface area contributed by atoms with Gasteiger partial charge in [-0.1, -0.05) is 12.1 Å². The molecule has 14 heteroatoms. The number of hydrogen-bond donors (Lipinski definition) is 2. The topological polar surface area (TPSA) is 146 Å². The zero-order chi connectivity index (χ0) is 26.3. The molecule has 2 aromatic carbocycles. The Morgan fingerprint density at radius 2 is 1.77 bits per heavy atom. The second kappa shape index (κ2) is 9.05. The van der Waals surface area contributed by atoms with Crippen molar-refractivity contribution in [3.8, 4) is 12.1 Å². The van der Waals surface area contributed by atoms with E-state index in [-0.39, 0.29) is 33.0 Å². The van der Waals surface area contributed by atoms with Gasteiger partial charge in [-0.25, -0.2) is 21.7 Å². The molecule has 1 aliphatic rings. The number of anilines is 1. The third kappa shape index (κ3) is 4.71. The quantitative estimate of drug-likeness (QED) is 0.581. The van der Waals surface area contributed by atoms with Gasteiger partial charge in [0.1, 0.15) is 6.04 Å². The fourth-order valence-corrected chi connectivity index (χ4v) is 5.35. The molecule has 0 spiro atoms. The monoisotopic (exact) mass is 523 g/mol. The van der Waals surface area contributed by atoms with E-state index in [0.717, 1.165) is 24.3 Å². The van der Waals surface area contributed by atoms with Gasteiger partial charge in [0, 0.05) is 5.70 Å². The molecule has 1 heterocycles. The Bertz CT molecular complexity index is 1530. The summed E-state index contributed by atoms with van der Waals surface area (Å²) >= 11 is 0. The molecule has 1 unspecified atom stereocenters. The van der Waals surface area contributed by atoms with E-state index in [0.29, 0.717) is 21.5 Å². The molecular formula is C21H16F3N5O4S2. The van der Waals surface area contributed by atoms with Crippen LogP contribution in [-0.2, 0) is 26.8 Å². The Balaban J connectivity index is 2.38. The van der Waals surface area contributed by atoms with Crippen molar-refractivity contribution >= 4 is 32.3 Å². The minimum Gasteiger partial charge on any atom is -0.265 e. The predicted molar refractivity (Wildman–Crippen MR) is 119 cm³/mol. The number of thiol groups is 1. The van der Waals surface area contributed by atoms with E-state index in [1.165, 1.54) is 19.1 Å². The molecule has 0 aliphatic carbocycles. The largest absolute Gasteiger partial charge is 0.416 e. The summed E-state index contributed by atoms with van der Waals surface area (Å²) in [7, 11) is -7.36. The Morgan fingerprint density at radius 3 is 2.29 bits per heavy atom. The summed E-state index contributed by atoms with van der Waals surface area (Å²) in [6.07, 6.45) is -4.08. The SMILES string of the molecule is CC1=C(C#N)[C@@H](c2ccc(C#N)cc2[SH](=N)=O)N(S(C)(=O)=O)C(=O)N1c1cccc(C(F)(F)F)c1. The lowest BCUT2D eigenvalue weighted by Gasteiger charge is -2.40. The first-order valence-corrected chi connectivity index (χ1v) is 12.7. The van der Waals surface area contributed by atoms with Gasteiger partial charge in [-0.15, -0.1) is 0 Å². The number of sulfonamides is 1. The number of rotatable bonds is 4. The summed E-state index contributed by atoms with van der Waals surface area (Å²) in [5, 5.41) is 19.1. The molecule has 2 amide bonds. The summed E-state index contributed by atoms with van der Waals surface area (Å²) in [6.45, 7) is 1.26. The maximum atomic E-state index is 13.5. The van der Waals surface area contributed by atoms with E-state index in [1.54, 1.807) is 12.1 Å². The number of benzene rings is 2. The van der Waals surface area contributed by atoms with Crippen LogP contribution in [0, 0.1) is 27.4 Å². The highest BCUT2D eigenvalue weighted by Crippen LogP contribution is 2.42. The van der Waals surface area contributed by atoms with Crippen LogP contribution < -0.4 is 4.90 Å². The van der Waals surface area contributed by atoms with Crippen molar-refractivity contribution in [2.75, 3.05) is 11.2 Å². The Hall–Kier alpha value is -3.88. The standard InChI is InChI=1S/C21H16F3N5O4S2/c1-12-17(11-26)19(16-7-6-13(10-25)8-18(16)34(27)31)29(35(2,32)33)20(30)28(12)15-5-3-4-14(9-15)21(22,23)24/h3-9,19,27,34H,1-2H3/t19-/m1/s1. The van der Waals surface area contributed by atoms with E-state index >= 15 is 0 Å². The molecule has 0 fully saturated rings. The lowest BCUT2D eigenvalue weighted by atomic mass is 9.94. The molecule has 0 radical (unpaired) electrons. The van der Waals surface area contributed by atoms with Crippen molar-refractivity contribution in [3.05, 3.63) is 70.4 Å². The van der Waals surface area contributed by atoms with E-state index in [4.69, 9.17) is 10.0 Å². The number of alkyl halides is 3.